The normalized spacial score (nSPS) is 11.6. The summed E-state index contributed by atoms with van der Waals surface area (Å²) < 4.78 is 25.6. The van der Waals surface area contributed by atoms with Crippen molar-refractivity contribution in [2.24, 2.45) is 0 Å². The summed E-state index contributed by atoms with van der Waals surface area (Å²) in [7, 11) is 0. The summed E-state index contributed by atoms with van der Waals surface area (Å²) in [4.78, 5) is 0. The Labute approximate surface area is 208 Å². The zero-order valence-electron chi connectivity index (χ0n) is 18.3. The molecule has 5 heteroatoms. The molecule has 2 heterocycles. The molecule has 2 aromatic heterocycles. The van der Waals surface area contributed by atoms with E-state index in [1.165, 1.54) is 0 Å². The highest BCUT2D eigenvalue weighted by molar-refractivity contribution is 9.10. The van der Waals surface area contributed by atoms with E-state index in [0.717, 1.165) is 59.8 Å². The van der Waals surface area contributed by atoms with Crippen molar-refractivity contribution in [3.8, 4) is 23.0 Å². The number of benzene rings is 5. The van der Waals surface area contributed by atoms with Gasteiger partial charge in [0.1, 0.15) is 45.3 Å². The molecule has 7 rings (SSSR count). The molecule has 0 aliphatic rings. The van der Waals surface area contributed by atoms with E-state index in [0.29, 0.717) is 11.5 Å². The molecular weight excluding hydrogens is 504 g/mol. The topological polar surface area (TPSA) is 44.7 Å². The molecule has 0 saturated carbocycles. The van der Waals surface area contributed by atoms with Crippen molar-refractivity contribution in [3.05, 3.63) is 108 Å². The second kappa shape index (κ2) is 7.93. The summed E-state index contributed by atoms with van der Waals surface area (Å²) >= 11 is 3.61. The van der Waals surface area contributed by atoms with Gasteiger partial charge in [-0.05, 0) is 48.5 Å². The minimum atomic E-state index is 0.649. The van der Waals surface area contributed by atoms with Crippen LogP contribution in [0.1, 0.15) is 0 Å². The molecule has 7 aromatic rings. The summed E-state index contributed by atoms with van der Waals surface area (Å²) in [5, 5.41) is 3.92. The van der Waals surface area contributed by atoms with Crippen LogP contribution < -0.4 is 9.47 Å². The van der Waals surface area contributed by atoms with Crippen LogP contribution in [0, 0.1) is 0 Å². The predicted octanol–water partition coefficient (Wildman–Crippen LogP) is 9.83. The number of furan rings is 2. The highest BCUT2D eigenvalue weighted by Gasteiger charge is 2.15. The molecule has 168 valence electrons. The number of para-hydroxylation sites is 2. The molecule has 0 fully saturated rings. The fourth-order valence-electron chi connectivity index (χ4n) is 4.56. The minimum Gasteiger partial charge on any atom is -0.456 e. The van der Waals surface area contributed by atoms with Gasteiger partial charge >= 0.3 is 0 Å². The van der Waals surface area contributed by atoms with Crippen LogP contribution in [0.25, 0.3) is 43.9 Å². The Kier molecular flexibility index (Phi) is 4.57. The first-order chi connectivity index (χ1) is 17.2. The minimum absolute atomic E-state index is 0.649. The fourth-order valence-corrected chi connectivity index (χ4v) is 5.01. The van der Waals surface area contributed by atoms with Gasteiger partial charge in [0.15, 0.2) is 0 Å². The van der Waals surface area contributed by atoms with Gasteiger partial charge in [-0.2, -0.15) is 0 Å². The van der Waals surface area contributed by atoms with Crippen LogP contribution in [-0.2, 0) is 0 Å². The molecule has 0 N–H and O–H groups in total. The first kappa shape index (κ1) is 20.2. The summed E-state index contributed by atoms with van der Waals surface area (Å²) in [6.07, 6.45) is 0. The third kappa shape index (κ3) is 3.44. The number of hydrogen-bond acceptors (Lipinski definition) is 4. The second-order valence-electron chi connectivity index (χ2n) is 8.28. The number of ether oxygens (including phenoxy) is 2. The van der Waals surface area contributed by atoms with E-state index in [4.69, 9.17) is 18.3 Å². The number of fused-ring (bicyclic) bond motifs is 6. The van der Waals surface area contributed by atoms with Gasteiger partial charge in [-0.3, -0.25) is 0 Å². The Morgan fingerprint density at radius 2 is 0.943 bits per heavy atom. The quantitative estimate of drug-likeness (QED) is 0.231. The fraction of sp³-hybridized carbons (Fsp3) is 0. The highest BCUT2D eigenvalue weighted by Crippen LogP contribution is 2.41. The molecular formula is C30H17BrO4. The van der Waals surface area contributed by atoms with Crippen molar-refractivity contribution in [1.29, 1.82) is 0 Å². The Hall–Kier alpha value is -4.22. The molecule has 5 aromatic carbocycles. The zero-order chi connectivity index (χ0) is 23.4. The molecule has 35 heavy (non-hydrogen) atoms. The standard InChI is InChI=1S/C30H17BrO4/c31-18-15-19(32-25-11-5-13-27-29(25)21-7-1-3-9-23(21)34-27)17-20(16-18)33-26-12-6-14-28-30(26)22-8-2-4-10-24(22)35-28/h1-17H. The lowest BCUT2D eigenvalue weighted by Gasteiger charge is -2.11. The largest absolute Gasteiger partial charge is 0.456 e. The molecule has 0 amide bonds. The van der Waals surface area contributed by atoms with Crippen LogP contribution in [0.5, 0.6) is 23.0 Å². The number of rotatable bonds is 4. The molecule has 0 aliphatic carbocycles. The Morgan fingerprint density at radius 3 is 1.46 bits per heavy atom. The van der Waals surface area contributed by atoms with Crippen LogP contribution in [0.3, 0.4) is 0 Å². The lowest BCUT2D eigenvalue weighted by molar-refractivity contribution is 0.465. The highest BCUT2D eigenvalue weighted by atomic mass is 79.9. The first-order valence-electron chi connectivity index (χ1n) is 11.2. The van der Waals surface area contributed by atoms with E-state index < -0.39 is 0 Å². The Balaban J connectivity index is 1.30. The van der Waals surface area contributed by atoms with E-state index in [-0.39, 0.29) is 0 Å². The third-order valence-electron chi connectivity index (χ3n) is 6.03. The lowest BCUT2D eigenvalue weighted by Crippen LogP contribution is -1.89. The second-order valence-corrected chi connectivity index (χ2v) is 9.20. The van der Waals surface area contributed by atoms with E-state index in [1.807, 2.05) is 103 Å². The van der Waals surface area contributed by atoms with Gasteiger partial charge in [-0.1, -0.05) is 64.5 Å². The van der Waals surface area contributed by atoms with Crippen molar-refractivity contribution in [3.63, 3.8) is 0 Å². The van der Waals surface area contributed by atoms with Crippen molar-refractivity contribution in [2.75, 3.05) is 0 Å². The van der Waals surface area contributed by atoms with Crippen LogP contribution in [-0.4, -0.2) is 0 Å². The molecule has 0 saturated heterocycles. The van der Waals surface area contributed by atoms with E-state index in [2.05, 4.69) is 15.9 Å². The van der Waals surface area contributed by atoms with Crippen LogP contribution in [0.4, 0.5) is 0 Å². The maximum absolute atomic E-state index is 6.37. The molecule has 0 aliphatic heterocycles. The van der Waals surface area contributed by atoms with E-state index >= 15 is 0 Å². The summed E-state index contributed by atoms with van der Waals surface area (Å²) in [5.41, 5.74) is 3.23. The van der Waals surface area contributed by atoms with Gasteiger partial charge in [0.25, 0.3) is 0 Å². The smallest absolute Gasteiger partial charge is 0.139 e. The van der Waals surface area contributed by atoms with Gasteiger partial charge in [0.2, 0.25) is 0 Å². The Bertz CT molecular complexity index is 1740. The molecule has 0 radical (unpaired) electrons. The van der Waals surface area contributed by atoms with Crippen LogP contribution in [0.15, 0.2) is 116 Å². The molecule has 4 nitrogen and oxygen atoms in total. The third-order valence-corrected chi connectivity index (χ3v) is 6.49. The maximum Gasteiger partial charge on any atom is 0.139 e. The average molecular weight is 521 g/mol. The zero-order valence-corrected chi connectivity index (χ0v) is 19.9. The lowest BCUT2D eigenvalue weighted by atomic mass is 10.1. The Morgan fingerprint density at radius 1 is 0.486 bits per heavy atom. The van der Waals surface area contributed by atoms with Gasteiger partial charge in [0, 0.05) is 21.3 Å². The summed E-state index contributed by atoms with van der Waals surface area (Å²) in [5.74, 6) is 2.74. The number of hydrogen-bond donors (Lipinski definition) is 0. The molecule has 0 spiro atoms. The van der Waals surface area contributed by atoms with E-state index in [9.17, 15) is 0 Å². The maximum atomic E-state index is 6.37. The van der Waals surface area contributed by atoms with Crippen molar-refractivity contribution < 1.29 is 18.3 Å². The summed E-state index contributed by atoms with van der Waals surface area (Å²) in [6, 6.07) is 33.3. The predicted molar refractivity (Wildman–Crippen MR) is 142 cm³/mol. The van der Waals surface area contributed by atoms with Crippen LogP contribution >= 0.6 is 15.9 Å². The monoisotopic (exact) mass is 520 g/mol. The van der Waals surface area contributed by atoms with Gasteiger partial charge in [-0.25, -0.2) is 0 Å². The molecule has 0 atom stereocenters. The molecule has 0 bridgehead atoms. The molecule has 0 unspecified atom stereocenters. The summed E-state index contributed by atoms with van der Waals surface area (Å²) in [6.45, 7) is 0. The van der Waals surface area contributed by atoms with Gasteiger partial charge in [0.05, 0.1) is 10.8 Å². The van der Waals surface area contributed by atoms with E-state index in [1.54, 1.807) is 0 Å². The average Bonchev–Trinajstić information content (AvgIpc) is 3.43. The SMILES string of the molecule is Brc1cc(Oc2cccc3oc4ccccc4c23)cc(Oc2cccc3oc4ccccc4c23)c1. The van der Waals surface area contributed by atoms with Crippen LogP contribution in [0.2, 0.25) is 0 Å². The number of halogens is 1. The first-order valence-corrected chi connectivity index (χ1v) is 12.0. The van der Waals surface area contributed by atoms with Gasteiger partial charge in [-0.15, -0.1) is 0 Å². The van der Waals surface area contributed by atoms with Crippen molar-refractivity contribution >= 4 is 59.8 Å². The van der Waals surface area contributed by atoms with Crippen molar-refractivity contribution in [2.45, 2.75) is 0 Å². The van der Waals surface area contributed by atoms with Gasteiger partial charge < -0.3 is 18.3 Å². The van der Waals surface area contributed by atoms with Crippen molar-refractivity contribution in [1.82, 2.24) is 0 Å².